The Kier molecular flexibility index (Phi) is 5.91. The summed E-state index contributed by atoms with van der Waals surface area (Å²) in [5.74, 6) is 0. The van der Waals surface area contributed by atoms with Crippen LogP contribution in [0.1, 0.15) is 24.0 Å². The standard InChI is InChI=1S/C19H18ClF3N4/c20-18-7-6-16(11-17(18)19(21,22)23)26-27-10-8-15(13-25-27)4-1-3-14-5-2-9-24-12-14/h2,5-13,25-26H,1,3-4H2. The lowest BCUT2D eigenvalue weighted by Crippen LogP contribution is -2.36. The van der Waals surface area contributed by atoms with Crippen LogP contribution < -0.4 is 10.9 Å². The molecule has 3 rings (SSSR count). The topological polar surface area (TPSA) is 40.2 Å². The first-order valence-corrected chi connectivity index (χ1v) is 8.74. The van der Waals surface area contributed by atoms with E-state index in [-0.39, 0.29) is 10.7 Å². The minimum Gasteiger partial charge on any atom is -0.287 e. The first-order chi connectivity index (χ1) is 12.9. The van der Waals surface area contributed by atoms with Crippen LogP contribution in [0.4, 0.5) is 18.9 Å². The summed E-state index contributed by atoms with van der Waals surface area (Å²) >= 11 is 5.63. The average molecular weight is 395 g/mol. The van der Waals surface area contributed by atoms with Gasteiger partial charge in [0.15, 0.2) is 0 Å². The van der Waals surface area contributed by atoms with Gasteiger partial charge in [0.2, 0.25) is 0 Å². The Morgan fingerprint density at radius 2 is 2.04 bits per heavy atom. The SMILES string of the molecule is FC(F)(F)c1cc(NN2C=CC(CCCc3cccnc3)=CN2)ccc1Cl. The van der Waals surface area contributed by atoms with Crippen molar-refractivity contribution in [1.29, 1.82) is 0 Å². The van der Waals surface area contributed by atoms with Crippen LogP contribution >= 0.6 is 11.6 Å². The van der Waals surface area contributed by atoms with Crippen LogP contribution in [0, 0.1) is 0 Å². The Balaban J connectivity index is 1.51. The maximum Gasteiger partial charge on any atom is 0.417 e. The molecule has 1 aliphatic heterocycles. The molecule has 4 nitrogen and oxygen atoms in total. The van der Waals surface area contributed by atoms with Gasteiger partial charge in [0.25, 0.3) is 0 Å². The fraction of sp³-hybridized carbons (Fsp3) is 0.211. The van der Waals surface area contributed by atoms with E-state index in [1.54, 1.807) is 12.4 Å². The van der Waals surface area contributed by atoms with E-state index < -0.39 is 11.7 Å². The molecule has 0 fully saturated rings. The zero-order chi connectivity index (χ0) is 19.3. The second-order valence-corrected chi connectivity index (χ2v) is 6.46. The monoisotopic (exact) mass is 394 g/mol. The van der Waals surface area contributed by atoms with Crippen molar-refractivity contribution in [2.75, 3.05) is 5.43 Å². The normalized spacial score (nSPS) is 13.9. The summed E-state index contributed by atoms with van der Waals surface area (Å²) in [7, 11) is 0. The van der Waals surface area contributed by atoms with Crippen LogP contribution in [-0.4, -0.2) is 10.1 Å². The molecular weight excluding hydrogens is 377 g/mol. The van der Waals surface area contributed by atoms with Gasteiger partial charge >= 0.3 is 6.18 Å². The molecule has 1 aromatic carbocycles. The van der Waals surface area contributed by atoms with Gasteiger partial charge < -0.3 is 0 Å². The number of nitrogens with one attached hydrogen (secondary N) is 2. The van der Waals surface area contributed by atoms with Crippen molar-refractivity contribution in [3.63, 3.8) is 0 Å². The number of alkyl halides is 3. The van der Waals surface area contributed by atoms with E-state index in [1.807, 2.05) is 30.6 Å². The Bertz CT molecular complexity index is 835. The van der Waals surface area contributed by atoms with E-state index in [2.05, 4.69) is 15.8 Å². The van der Waals surface area contributed by atoms with Crippen molar-refractivity contribution in [2.45, 2.75) is 25.4 Å². The van der Waals surface area contributed by atoms with Crippen LogP contribution in [0.15, 0.2) is 66.8 Å². The summed E-state index contributed by atoms with van der Waals surface area (Å²) in [5.41, 5.74) is 7.53. The number of pyridine rings is 1. The molecule has 0 amide bonds. The van der Waals surface area contributed by atoms with Gasteiger partial charge in [-0.1, -0.05) is 17.7 Å². The predicted octanol–water partition coefficient (Wildman–Crippen LogP) is 5.32. The first-order valence-electron chi connectivity index (χ1n) is 8.37. The zero-order valence-corrected chi connectivity index (χ0v) is 15.1. The van der Waals surface area contributed by atoms with Crippen molar-refractivity contribution in [2.24, 2.45) is 0 Å². The number of anilines is 1. The molecule has 0 unspecified atom stereocenters. The van der Waals surface area contributed by atoms with E-state index in [4.69, 9.17) is 11.6 Å². The number of hydrogen-bond donors (Lipinski definition) is 2. The van der Waals surface area contributed by atoms with Gasteiger partial charge in [0.1, 0.15) is 0 Å². The molecule has 0 aliphatic carbocycles. The number of halogens is 4. The fourth-order valence-corrected chi connectivity index (χ4v) is 2.86. The van der Waals surface area contributed by atoms with Crippen molar-refractivity contribution >= 4 is 17.3 Å². The smallest absolute Gasteiger partial charge is 0.287 e. The first kappa shape index (κ1) is 19.1. The molecule has 27 heavy (non-hydrogen) atoms. The Morgan fingerprint density at radius 3 is 2.70 bits per heavy atom. The summed E-state index contributed by atoms with van der Waals surface area (Å²) in [6.45, 7) is 0. The highest BCUT2D eigenvalue weighted by Gasteiger charge is 2.33. The predicted molar refractivity (Wildman–Crippen MR) is 99.4 cm³/mol. The molecule has 0 saturated carbocycles. The van der Waals surface area contributed by atoms with Crippen LogP contribution in [0.3, 0.4) is 0 Å². The van der Waals surface area contributed by atoms with E-state index >= 15 is 0 Å². The van der Waals surface area contributed by atoms with E-state index in [1.165, 1.54) is 22.8 Å². The number of rotatable bonds is 6. The van der Waals surface area contributed by atoms with Gasteiger partial charge in [-0.15, -0.1) is 0 Å². The molecule has 1 aromatic heterocycles. The molecule has 0 spiro atoms. The zero-order valence-electron chi connectivity index (χ0n) is 14.3. The third-order valence-electron chi connectivity index (χ3n) is 4.00. The van der Waals surface area contributed by atoms with Crippen LogP contribution in [-0.2, 0) is 12.6 Å². The van der Waals surface area contributed by atoms with E-state index in [0.29, 0.717) is 0 Å². The molecule has 0 saturated heterocycles. The van der Waals surface area contributed by atoms with Gasteiger partial charge in [-0.3, -0.25) is 15.8 Å². The number of aromatic nitrogens is 1. The highest BCUT2D eigenvalue weighted by Crippen LogP contribution is 2.36. The minimum absolute atomic E-state index is 0.275. The van der Waals surface area contributed by atoms with Gasteiger partial charge in [-0.2, -0.15) is 13.2 Å². The molecule has 2 heterocycles. The van der Waals surface area contributed by atoms with Gasteiger partial charge in [0, 0.05) is 24.8 Å². The number of benzene rings is 1. The summed E-state index contributed by atoms with van der Waals surface area (Å²) in [5, 5.41) is 1.15. The quantitative estimate of drug-likeness (QED) is 0.695. The highest BCUT2D eigenvalue weighted by molar-refractivity contribution is 6.31. The van der Waals surface area contributed by atoms with E-state index in [0.717, 1.165) is 30.9 Å². The van der Waals surface area contributed by atoms with Crippen molar-refractivity contribution < 1.29 is 13.2 Å². The molecule has 2 N–H and O–H groups in total. The molecule has 0 bridgehead atoms. The maximum absolute atomic E-state index is 12.9. The maximum atomic E-state index is 12.9. The third-order valence-corrected chi connectivity index (χ3v) is 4.33. The van der Waals surface area contributed by atoms with Crippen LogP contribution in [0.2, 0.25) is 5.02 Å². The van der Waals surface area contributed by atoms with E-state index in [9.17, 15) is 13.2 Å². The molecule has 0 radical (unpaired) electrons. The molecule has 0 atom stereocenters. The Labute approximate surface area is 160 Å². The van der Waals surface area contributed by atoms with Crippen molar-refractivity contribution in [1.82, 2.24) is 15.5 Å². The van der Waals surface area contributed by atoms with Gasteiger partial charge in [-0.25, -0.2) is 5.12 Å². The lowest BCUT2D eigenvalue weighted by atomic mass is 10.1. The Hall–Kier alpha value is -2.67. The second kappa shape index (κ2) is 8.35. The Morgan fingerprint density at radius 1 is 1.19 bits per heavy atom. The molecular formula is C19H18ClF3N4. The molecule has 1 aliphatic rings. The van der Waals surface area contributed by atoms with Crippen LogP contribution in [0.5, 0.6) is 0 Å². The fourth-order valence-electron chi connectivity index (χ4n) is 2.63. The largest absolute Gasteiger partial charge is 0.417 e. The minimum atomic E-state index is -4.50. The average Bonchev–Trinajstić information content (AvgIpc) is 2.65. The summed E-state index contributed by atoms with van der Waals surface area (Å²) in [4.78, 5) is 4.09. The van der Waals surface area contributed by atoms with Crippen molar-refractivity contribution in [3.8, 4) is 0 Å². The molecule has 8 heteroatoms. The summed E-state index contributed by atoms with van der Waals surface area (Å²) in [6.07, 6.45) is 7.35. The molecule has 142 valence electrons. The lowest BCUT2D eigenvalue weighted by molar-refractivity contribution is -0.137. The number of hydrazine groups is 2. The van der Waals surface area contributed by atoms with Gasteiger partial charge in [-0.05, 0) is 60.7 Å². The number of nitrogens with zero attached hydrogens (tertiary/aromatic N) is 2. The van der Waals surface area contributed by atoms with Gasteiger partial charge in [0.05, 0.1) is 16.3 Å². The second-order valence-electron chi connectivity index (χ2n) is 6.05. The summed E-state index contributed by atoms with van der Waals surface area (Å²) < 4.78 is 38.8. The number of hydrogen-bond acceptors (Lipinski definition) is 4. The number of aryl methyl sites for hydroxylation is 1. The number of allylic oxidation sites excluding steroid dienone is 2. The summed E-state index contributed by atoms with van der Waals surface area (Å²) in [6, 6.07) is 7.65. The molecule has 2 aromatic rings. The van der Waals surface area contributed by atoms with Crippen molar-refractivity contribution in [3.05, 3.63) is 82.9 Å². The highest BCUT2D eigenvalue weighted by atomic mass is 35.5. The lowest BCUT2D eigenvalue weighted by Gasteiger charge is -2.26. The van der Waals surface area contributed by atoms with Crippen LogP contribution in [0.25, 0.3) is 0 Å². The third kappa shape index (κ3) is 5.40.